The largest absolute Gasteiger partial charge is 0.346 e. The van der Waals surface area contributed by atoms with E-state index in [1.807, 2.05) is 54.1 Å². The predicted octanol–water partition coefficient (Wildman–Crippen LogP) is 3.78. The van der Waals surface area contributed by atoms with Crippen molar-refractivity contribution in [3.63, 3.8) is 0 Å². The fourth-order valence-electron chi connectivity index (χ4n) is 2.85. The van der Waals surface area contributed by atoms with E-state index in [0.717, 1.165) is 21.6 Å². The van der Waals surface area contributed by atoms with Gasteiger partial charge in [-0.3, -0.25) is 14.5 Å². The summed E-state index contributed by atoms with van der Waals surface area (Å²) in [6.07, 6.45) is 1.72. The number of amides is 1. The number of thiophene rings is 1. The first kappa shape index (κ1) is 16.5. The summed E-state index contributed by atoms with van der Waals surface area (Å²) in [4.78, 5) is 18.5. The Kier molecular flexibility index (Phi) is 4.50. The van der Waals surface area contributed by atoms with E-state index in [-0.39, 0.29) is 5.91 Å². The molecule has 3 heterocycles. The van der Waals surface area contributed by atoms with Crippen molar-refractivity contribution in [2.24, 2.45) is 0 Å². The van der Waals surface area contributed by atoms with E-state index in [9.17, 15) is 4.79 Å². The smallest absolute Gasteiger partial charge is 0.261 e. The van der Waals surface area contributed by atoms with Crippen molar-refractivity contribution >= 4 is 27.5 Å². The molecule has 4 rings (SSSR count). The van der Waals surface area contributed by atoms with Crippen molar-refractivity contribution in [2.75, 3.05) is 0 Å². The van der Waals surface area contributed by atoms with Crippen LogP contribution in [-0.4, -0.2) is 20.7 Å². The van der Waals surface area contributed by atoms with Crippen molar-refractivity contribution in [2.45, 2.75) is 20.0 Å². The molecule has 3 aromatic heterocycles. The number of carbonyl (C=O) groups is 1. The van der Waals surface area contributed by atoms with Crippen LogP contribution in [-0.2, 0) is 13.1 Å². The Morgan fingerprint density at radius 1 is 1.15 bits per heavy atom. The molecule has 0 aliphatic rings. The van der Waals surface area contributed by atoms with E-state index >= 15 is 0 Å². The highest BCUT2D eigenvalue weighted by molar-refractivity contribution is 7.20. The summed E-state index contributed by atoms with van der Waals surface area (Å²) in [5.41, 5.74) is 2.97. The third-order valence-electron chi connectivity index (χ3n) is 4.16. The molecule has 0 unspecified atom stereocenters. The van der Waals surface area contributed by atoms with Crippen LogP contribution in [0, 0.1) is 6.92 Å². The van der Waals surface area contributed by atoms with Crippen LogP contribution in [0.15, 0.2) is 60.8 Å². The maximum absolute atomic E-state index is 12.5. The fraction of sp³-hybridized carbons (Fsp3) is 0.150. The van der Waals surface area contributed by atoms with Gasteiger partial charge in [0.2, 0.25) is 0 Å². The molecule has 1 amide bonds. The molecule has 130 valence electrons. The van der Waals surface area contributed by atoms with Crippen LogP contribution in [0.2, 0.25) is 0 Å². The molecule has 26 heavy (non-hydrogen) atoms. The number of nitrogens with zero attached hydrogens (tertiary/aromatic N) is 3. The number of pyridine rings is 1. The molecule has 0 bridgehead atoms. The molecule has 1 N–H and O–H groups in total. The summed E-state index contributed by atoms with van der Waals surface area (Å²) < 4.78 is 1.97. The van der Waals surface area contributed by atoms with Crippen LogP contribution in [0.25, 0.3) is 10.2 Å². The van der Waals surface area contributed by atoms with Gasteiger partial charge in [0.15, 0.2) is 0 Å². The Balaban J connectivity index is 1.55. The van der Waals surface area contributed by atoms with Gasteiger partial charge >= 0.3 is 0 Å². The molecular weight excluding hydrogens is 344 g/mol. The molecule has 0 spiro atoms. The summed E-state index contributed by atoms with van der Waals surface area (Å²) in [6, 6.07) is 17.8. The van der Waals surface area contributed by atoms with Crippen molar-refractivity contribution in [1.29, 1.82) is 0 Å². The molecule has 0 aliphatic carbocycles. The van der Waals surface area contributed by atoms with Gasteiger partial charge in [0, 0.05) is 11.6 Å². The van der Waals surface area contributed by atoms with Crippen molar-refractivity contribution < 1.29 is 4.79 Å². The van der Waals surface area contributed by atoms with Crippen LogP contribution in [0.5, 0.6) is 0 Å². The Morgan fingerprint density at radius 3 is 2.73 bits per heavy atom. The van der Waals surface area contributed by atoms with E-state index in [0.29, 0.717) is 18.0 Å². The lowest BCUT2D eigenvalue weighted by Gasteiger charge is -2.03. The van der Waals surface area contributed by atoms with Crippen LogP contribution in [0.1, 0.15) is 26.6 Å². The standard InChI is InChI=1S/C20H18N4OS/c1-14-17-11-18(19(25)22-12-16-9-5-6-10-21-16)26-20(17)24(23-14)13-15-7-3-2-4-8-15/h2-11H,12-13H2,1H3,(H,22,25). The number of fused-ring (bicyclic) bond motifs is 1. The number of hydrogen-bond acceptors (Lipinski definition) is 4. The zero-order valence-electron chi connectivity index (χ0n) is 14.3. The van der Waals surface area contributed by atoms with E-state index in [1.165, 1.54) is 16.9 Å². The Morgan fingerprint density at radius 2 is 1.96 bits per heavy atom. The van der Waals surface area contributed by atoms with Gasteiger partial charge in [-0.25, -0.2) is 0 Å². The average molecular weight is 362 g/mol. The molecule has 6 heteroatoms. The number of hydrogen-bond donors (Lipinski definition) is 1. The second kappa shape index (κ2) is 7.09. The number of carbonyl (C=O) groups excluding carboxylic acids is 1. The summed E-state index contributed by atoms with van der Waals surface area (Å²) in [5.74, 6) is -0.0810. The molecule has 0 saturated carbocycles. The van der Waals surface area contributed by atoms with Gasteiger partial charge in [-0.15, -0.1) is 11.3 Å². The Bertz CT molecular complexity index is 1040. The highest BCUT2D eigenvalue weighted by Gasteiger charge is 2.16. The molecule has 0 saturated heterocycles. The summed E-state index contributed by atoms with van der Waals surface area (Å²) in [6.45, 7) is 3.09. The average Bonchev–Trinajstić information content (AvgIpc) is 3.23. The Labute approximate surface area is 155 Å². The molecule has 0 radical (unpaired) electrons. The lowest BCUT2D eigenvalue weighted by molar-refractivity contribution is 0.0954. The third kappa shape index (κ3) is 3.36. The van der Waals surface area contributed by atoms with Crippen molar-refractivity contribution in [1.82, 2.24) is 20.1 Å². The maximum Gasteiger partial charge on any atom is 0.261 e. The normalized spacial score (nSPS) is 11.0. The first-order valence-corrected chi connectivity index (χ1v) is 9.21. The van der Waals surface area contributed by atoms with Crippen molar-refractivity contribution in [3.8, 4) is 0 Å². The summed E-state index contributed by atoms with van der Waals surface area (Å²) in [5, 5.41) is 8.59. The number of aromatic nitrogens is 3. The van der Waals surface area contributed by atoms with E-state index in [4.69, 9.17) is 0 Å². The lowest BCUT2D eigenvalue weighted by atomic mass is 10.2. The van der Waals surface area contributed by atoms with E-state index < -0.39 is 0 Å². The monoisotopic (exact) mass is 362 g/mol. The van der Waals surface area contributed by atoms with Crippen LogP contribution in [0.3, 0.4) is 0 Å². The van der Waals surface area contributed by atoms with Gasteiger partial charge in [0.25, 0.3) is 5.91 Å². The first-order valence-electron chi connectivity index (χ1n) is 8.39. The quantitative estimate of drug-likeness (QED) is 0.588. The minimum atomic E-state index is -0.0810. The maximum atomic E-state index is 12.5. The lowest BCUT2D eigenvalue weighted by Crippen LogP contribution is -2.22. The molecule has 5 nitrogen and oxygen atoms in total. The second-order valence-corrected chi connectivity index (χ2v) is 7.09. The number of rotatable bonds is 5. The molecule has 0 atom stereocenters. The number of aryl methyl sites for hydroxylation is 1. The van der Waals surface area contributed by atoms with E-state index in [2.05, 4.69) is 27.5 Å². The minimum absolute atomic E-state index is 0.0810. The fourth-order valence-corrected chi connectivity index (χ4v) is 3.93. The summed E-state index contributed by atoms with van der Waals surface area (Å²) >= 11 is 1.48. The Hall–Kier alpha value is -2.99. The van der Waals surface area contributed by atoms with Gasteiger partial charge in [0.05, 0.1) is 29.4 Å². The van der Waals surface area contributed by atoms with E-state index in [1.54, 1.807) is 6.20 Å². The third-order valence-corrected chi connectivity index (χ3v) is 5.31. The van der Waals surface area contributed by atoms with Crippen LogP contribution in [0.4, 0.5) is 0 Å². The first-order chi connectivity index (χ1) is 12.7. The van der Waals surface area contributed by atoms with Gasteiger partial charge in [-0.2, -0.15) is 5.10 Å². The van der Waals surface area contributed by atoms with Gasteiger partial charge in [-0.1, -0.05) is 36.4 Å². The predicted molar refractivity (Wildman–Crippen MR) is 103 cm³/mol. The number of nitrogens with one attached hydrogen (secondary N) is 1. The minimum Gasteiger partial charge on any atom is -0.346 e. The molecule has 1 aromatic carbocycles. The van der Waals surface area contributed by atoms with Gasteiger partial charge in [0.1, 0.15) is 4.83 Å². The van der Waals surface area contributed by atoms with Gasteiger partial charge < -0.3 is 5.32 Å². The molecular formula is C20H18N4OS. The number of benzene rings is 1. The highest BCUT2D eigenvalue weighted by Crippen LogP contribution is 2.28. The summed E-state index contributed by atoms with van der Waals surface area (Å²) in [7, 11) is 0. The van der Waals surface area contributed by atoms with Gasteiger partial charge in [-0.05, 0) is 30.7 Å². The van der Waals surface area contributed by atoms with Crippen LogP contribution < -0.4 is 5.32 Å². The molecule has 0 aliphatic heterocycles. The SMILES string of the molecule is Cc1nn(Cc2ccccc2)c2sc(C(=O)NCc3ccccn3)cc12. The zero-order valence-corrected chi connectivity index (χ0v) is 15.2. The highest BCUT2D eigenvalue weighted by atomic mass is 32.1. The van der Waals surface area contributed by atoms with Crippen LogP contribution >= 0.6 is 11.3 Å². The van der Waals surface area contributed by atoms with Crippen molar-refractivity contribution in [3.05, 3.63) is 82.6 Å². The molecule has 0 fully saturated rings. The molecule has 4 aromatic rings. The topological polar surface area (TPSA) is 59.8 Å². The zero-order chi connectivity index (χ0) is 17.9. The second-order valence-electron chi connectivity index (χ2n) is 6.06.